The van der Waals surface area contributed by atoms with E-state index in [4.69, 9.17) is 4.74 Å². The second-order valence-electron chi connectivity index (χ2n) is 5.88. The van der Waals surface area contributed by atoms with Gasteiger partial charge in [0.25, 0.3) is 0 Å². The molecule has 2 aromatic rings. The topological polar surface area (TPSA) is 67.4 Å². The minimum Gasteiger partial charge on any atom is -0.447 e. The monoisotopic (exact) mass is 332 g/mol. The Morgan fingerprint density at radius 2 is 2.22 bits per heavy atom. The maximum absolute atomic E-state index is 12.0. The van der Waals surface area contributed by atoms with Gasteiger partial charge in [-0.25, -0.2) is 9.78 Å². The highest BCUT2D eigenvalue weighted by Gasteiger charge is 2.37. The molecule has 2 atom stereocenters. The fourth-order valence-corrected chi connectivity index (χ4v) is 3.28. The van der Waals surface area contributed by atoms with Crippen LogP contribution in [0, 0.1) is 5.92 Å². The van der Waals surface area contributed by atoms with Gasteiger partial charge in [0, 0.05) is 11.1 Å². The van der Waals surface area contributed by atoms with Crippen molar-refractivity contribution >= 4 is 29.2 Å². The minimum atomic E-state index is -0.348. The second-order valence-corrected chi connectivity index (χ2v) is 6.86. The predicted octanol–water partition coefficient (Wildman–Crippen LogP) is 3.69. The average molecular weight is 332 g/mol. The van der Waals surface area contributed by atoms with Gasteiger partial charge in [0.05, 0.1) is 12.1 Å². The standard InChI is InChI=1S/C16H20N4O2S/c1-10(2)12-9-22-16(21)20(12)14-6-7-17-15(19-14)18-11(3)13-5-4-8-23-13/h4-8,10-12H,9H2,1-3H3,(H,17,18,19)/t11?,12-/m1/s1. The molecule has 0 aromatic carbocycles. The molecule has 1 amide bonds. The van der Waals surface area contributed by atoms with Crippen LogP contribution >= 0.6 is 11.3 Å². The number of ether oxygens (including phenoxy) is 1. The predicted molar refractivity (Wildman–Crippen MR) is 90.8 cm³/mol. The lowest BCUT2D eigenvalue weighted by atomic mass is 10.0. The Labute approximate surface area is 139 Å². The quantitative estimate of drug-likeness (QED) is 0.904. The van der Waals surface area contributed by atoms with Gasteiger partial charge in [0.1, 0.15) is 12.4 Å². The van der Waals surface area contributed by atoms with Crippen LogP contribution in [0.4, 0.5) is 16.6 Å². The van der Waals surface area contributed by atoms with Gasteiger partial charge >= 0.3 is 6.09 Å². The van der Waals surface area contributed by atoms with E-state index < -0.39 is 0 Å². The molecule has 0 radical (unpaired) electrons. The highest BCUT2D eigenvalue weighted by atomic mass is 32.1. The van der Waals surface area contributed by atoms with Crippen LogP contribution in [0.2, 0.25) is 0 Å². The lowest BCUT2D eigenvalue weighted by Crippen LogP contribution is -2.37. The molecular weight excluding hydrogens is 312 g/mol. The van der Waals surface area contributed by atoms with E-state index in [2.05, 4.69) is 42.1 Å². The van der Waals surface area contributed by atoms with Gasteiger partial charge in [-0.05, 0) is 30.4 Å². The third-order valence-corrected chi connectivity index (χ3v) is 4.93. The maximum atomic E-state index is 12.0. The summed E-state index contributed by atoms with van der Waals surface area (Å²) in [4.78, 5) is 23.6. The molecular formula is C16H20N4O2S. The van der Waals surface area contributed by atoms with E-state index in [0.29, 0.717) is 18.4 Å². The Bertz CT molecular complexity index is 674. The van der Waals surface area contributed by atoms with Crippen molar-refractivity contribution in [3.63, 3.8) is 0 Å². The molecule has 6 nitrogen and oxygen atoms in total. The molecule has 1 aliphatic rings. The van der Waals surface area contributed by atoms with Gasteiger partial charge in [-0.15, -0.1) is 11.3 Å². The highest BCUT2D eigenvalue weighted by Crippen LogP contribution is 2.27. The van der Waals surface area contributed by atoms with Crippen LogP contribution in [0.25, 0.3) is 0 Å². The SMILES string of the molecule is CC(Nc1nccc(N2C(=O)OC[C@@H]2C(C)C)n1)c1cccs1. The number of amides is 1. The summed E-state index contributed by atoms with van der Waals surface area (Å²) in [6, 6.07) is 5.93. The second kappa shape index (κ2) is 6.54. The zero-order valence-electron chi connectivity index (χ0n) is 13.4. The number of nitrogens with zero attached hydrogens (tertiary/aromatic N) is 3. The Morgan fingerprint density at radius 1 is 1.39 bits per heavy atom. The number of rotatable bonds is 5. The van der Waals surface area contributed by atoms with Crippen molar-refractivity contribution in [3.05, 3.63) is 34.7 Å². The zero-order chi connectivity index (χ0) is 16.4. The molecule has 0 spiro atoms. The summed E-state index contributed by atoms with van der Waals surface area (Å²) < 4.78 is 5.18. The molecule has 0 bridgehead atoms. The Kier molecular flexibility index (Phi) is 4.47. The maximum Gasteiger partial charge on any atom is 0.415 e. The van der Waals surface area contributed by atoms with Crippen LogP contribution in [0.3, 0.4) is 0 Å². The summed E-state index contributed by atoms with van der Waals surface area (Å²) in [5.74, 6) is 1.37. The summed E-state index contributed by atoms with van der Waals surface area (Å²) in [6.07, 6.45) is 1.31. The van der Waals surface area contributed by atoms with E-state index in [0.717, 1.165) is 0 Å². The Morgan fingerprint density at radius 3 is 2.91 bits per heavy atom. The van der Waals surface area contributed by atoms with E-state index in [1.54, 1.807) is 28.5 Å². The number of thiophene rings is 1. The van der Waals surface area contributed by atoms with Gasteiger partial charge in [0.15, 0.2) is 0 Å². The first-order chi connectivity index (χ1) is 11.1. The summed E-state index contributed by atoms with van der Waals surface area (Å²) in [7, 11) is 0. The molecule has 0 aliphatic carbocycles. The zero-order valence-corrected chi connectivity index (χ0v) is 14.2. The smallest absolute Gasteiger partial charge is 0.415 e. The number of carbonyl (C=O) groups excluding carboxylic acids is 1. The van der Waals surface area contributed by atoms with Crippen molar-refractivity contribution < 1.29 is 9.53 Å². The van der Waals surface area contributed by atoms with Crippen molar-refractivity contribution in [1.29, 1.82) is 0 Å². The number of hydrogen-bond acceptors (Lipinski definition) is 6. The molecule has 1 aliphatic heterocycles. The van der Waals surface area contributed by atoms with Gasteiger partial charge in [0.2, 0.25) is 5.95 Å². The van der Waals surface area contributed by atoms with E-state index in [1.165, 1.54) is 4.88 Å². The van der Waals surface area contributed by atoms with Crippen LogP contribution in [0.15, 0.2) is 29.8 Å². The van der Waals surface area contributed by atoms with Gasteiger partial charge in [-0.2, -0.15) is 4.98 Å². The van der Waals surface area contributed by atoms with Crippen LogP contribution in [-0.2, 0) is 4.74 Å². The van der Waals surface area contributed by atoms with E-state index in [-0.39, 0.29) is 24.1 Å². The van der Waals surface area contributed by atoms with E-state index in [9.17, 15) is 4.79 Å². The molecule has 2 aromatic heterocycles. The van der Waals surface area contributed by atoms with Crippen LogP contribution in [-0.4, -0.2) is 28.7 Å². The molecule has 1 N–H and O–H groups in total. The van der Waals surface area contributed by atoms with Crippen molar-refractivity contribution in [2.75, 3.05) is 16.8 Å². The van der Waals surface area contributed by atoms with Crippen LogP contribution in [0.5, 0.6) is 0 Å². The van der Waals surface area contributed by atoms with Gasteiger partial charge in [-0.1, -0.05) is 19.9 Å². The molecule has 7 heteroatoms. The number of aromatic nitrogens is 2. The van der Waals surface area contributed by atoms with Crippen molar-refractivity contribution in [3.8, 4) is 0 Å². The van der Waals surface area contributed by atoms with Crippen molar-refractivity contribution in [1.82, 2.24) is 9.97 Å². The number of nitrogens with one attached hydrogen (secondary N) is 1. The molecule has 0 saturated carbocycles. The molecule has 3 rings (SSSR count). The molecule has 1 fully saturated rings. The Balaban J connectivity index is 1.81. The van der Waals surface area contributed by atoms with E-state index >= 15 is 0 Å². The summed E-state index contributed by atoms with van der Waals surface area (Å²) in [5, 5.41) is 5.32. The van der Waals surface area contributed by atoms with Crippen molar-refractivity contribution in [2.24, 2.45) is 5.92 Å². The number of anilines is 2. The molecule has 1 unspecified atom stereocenters. The number of cyclic esters (lactones) is 1. The lowest BCUT2D eigenvalue weighted by molar-refractivity contribution is 0.177. The average Bonchev–Trinajstić information content (AvgIpc) is 3.16. The molecule has 122 valence electrons. The highest BCUT2D eigenvalue weighted by molar-refractivity contribution is 7.10. The lowest BCUT2D eigenvalue weighted by Gasteiger charge is -2.23. The summed E-state index contributed by atoms with van der Waals surface area (Å²) in [5.41, 5.74) is 0. The molecule has 1 saturated heterocycles. The Hall–Kier alpha value is -2.15. The van der Waals surface area contributed by atoms with E-state index in [1.807, 2.05) is 11.4 Å². The van der Waals surface area contributed by atoms with Gasteiger partial charge < -0.3 is 10.1 Å². The summed E-state index contributed by atoms with van der Waals surface area (Å²) in [6.45, 7) is 6.59. The molecule has 3 heterocycles. The first-order valence-corrected chi connectivity index (χ1v) is 8.53. The van der Waals surface area contributed by atoms with Crippen molar-refractivity contribution in [2.45, 2.75) is 32.9 Å². The number of carbonyl (C=O) groups is 1. The van der Waals surface area contributed by atoms with Gasteiger partial charge in [-0.3, -0.25) is 4.90 Å². The van der Waals surface area contributed by atoms with Crippen LogP contribution in [0.1, 0.15) is 31.7 Å². The normalized spacial score (nSPS) is 19.0. The first kappa shape index (κ1) is 15.7. The fourth-order valence-electron chi connectivity index (χ4n) is 2.55. The third kappa shape index (κ3) is 3.29. The fraction of sp³-hybridized carbons (Fsp3) is 0.438. The number of hydrogen-bond donors (Lipinski definition) is 1. The first-order valence-electron chi connectivity index (χ1n) is 7.65. The van der Waals surface area contributed by atoms with Crippen LogP contribution < -0.4 is 10.2 Å². The third-order valence-electron chi connectivity index (χ3n) is 3.88. The summed E-state index contributed by atoms with van der Waals surface area (Å²) >= 11 is 1.68. The molecule has 23 heavy (non-hydrogen) atoms. The minimum absolute atomic E-state index is 0.0000283. The largest absolute Gasteiger partial charge is 0.447 e.